The van der Waals surface area contributed by atoms with Crippen LogP contribution in [0.1, 0.15) is 11.1 Å². The molecule has 2 N–H and O–H groups in total. The third-order valence-corrected chi connectivity index (χ3v) is 3.25. The second-order valence-corrected chi connectivity index (χ2v) is 4.57. The summed E-state index contributed by atoms with van der Waals surface area (Å²) >= 11 is 0. The van der Waals surface area contributed by atoms with Gasteiger partial charge in [0.05, 0.1) is 13.7 Å². The molecule has 0 radical (unpaired) electrons. The smallest absolute Gasteiger partial charge is 0.480 e. The summed E-state index contributed by atoms with van der Waals surface area (Å²) in [4.78, 5) is 4.23. The first kappa shape index (κ1) is 13.4. The van der Waals surface area contributed by atoms with E-state index in [4.69, 9.17) is 14.7 Å². The van der Waals surface area contributed by atoms with E-state index in [0.29, 0.717) is 18.0 Å². The number of aromatic nitrogens is 1. The van der Waals surface area contributed by atoms with Crippen molar-refractivity contribution in [2.24, 2.45) is 0 Å². The molecule has 3 rings (SSSR count). The highest BCUT2D eigenvalue weighted by Gasteiger charge is 2.26. The fraction of sp³-hybridized carbons (Fsp3) is 0.143. The van der Waals surface area contributed by atoms with Crippen molar-refractivity contribution in [2.75, 3.05) is 12.4 Å². The lowest BCUT2D eigenvalue weighted by molar-refractivity contribution is 0.275. The van der Waals surface area contributed by atoms with Gasteiger partial charge in [-0.2, -0.15) is 10.2 Å². The number of ether oxygens (including phenoxy) is 1. The zero-order valence-corrected chi connectivity index (χ0v) is 11.3. The molecule has 0 amide bonds. The molecule has 0 bridgehead atoms. The van der Waals surface area contributed by atoms with E-state index in [1.165, 1.54) is 7.11 Å². The summed E-state index contributed by atoms with van der Waals surface area (Å²) < 4.78 is 10.2. The van der Waals surface area contributed by atoms with Gasteiger partial charge >= 0.3 is 7.12 Å². The van der Waals surface area contributed by atoms with E-state index in [2.05, 4.69) is 10.3 Å². The zero-order valence-electron chi connectivity index (χ0n) is 11.3. The van der Waals surface area contributed by atoms with Crippen molar-refractivity contribution in [1.29, 1.82) is 5.26 Å². The molecule has 7 heteroatoms. The molecule has 2 heterocycles. The summed E-state index contributed by atoms with van der Waals surface area (Å²) in [6, 6.07) is 10.9. The summed E-state index contributed by atoms with van der Waals surface area (Å²) in [6.45, 7) is 0.385. The first-order valence-corrected chi connectivity index (χ1v) is 6.36. The molecule has 21 heavy (non-hydrogen) atoms. The Morgan fingerprint density at radius 1 is 1.43 bits per heavy atom. The Hall–Kier alpha value is -2.56. The molecular weight excluding hydrogens is 269 g/mol. The summed E-state index contributed by atoms with van der Waals surface area (Å²) in [7, 11) is 0.628. The zero-order chi connectivity index (χ0) is 14.8. The second kappa shape index (κ2) is 5.44. The maximum absolute atomic E-state index is 9.59. The molecule has 0 aliphatic carbocycles. The van der Waals surface area contributed by atoms with E-state index >= 15 is 0 Å². The van der Waals surface area contributed by atoms with Crippen LogP contribution in [0.5, 0.6) is 5.88 Å². The van der Waals surface area contributed by atoms with Gasteiger partial charge in [0.15, 0.2) is 0 Å². The van der Waals surface area contributed by atoms with E-state index in [1.54, 1.807) is 12.1 Å². The van der Waals surface area contributed by atoms with Crippen LogP contribution >= 0.6 is 0 Å². The predicted octanol–water partition coefficient (Wildman–Crippen LogP) is 0.923. The van der Waals surface area contributed by atoms with Crippen molar-refractivity contribution in [1.82, 2.24) is 4.98 Å². The Morgan fingerprint density at radius 2 is 2.29 bits per heavy atom. The van der Waals surface area contributed by atoms with Gasteiger partial charge in [-0.15, -0.1) is 0 Å². The predicted molar refractivity (Wildman–Crippen MR) is 77.6 cm³/mol. The Bertz CT molecular complexity index is 730. The van der Waals surface area contributed by atoms with Crippen molar-refractivity contribution in [3.8, 4) is 11.9 Å². The van der Waals surface area contributed by atoms with Crippen LogP contribution in [0.15, 0.2) is 30.3 Å². The third-order valence-electron chi connectivity index (χ3n) is 3.25. The van der Waals surface area contributed by atoms with Gasteiger partial charge in [-0.3, -0.25) is 0 Å². The SMILES string of the molecule is COc1nc(Nc2ccc3c(c2)COB3O)ccc1C#N. The van der Waals surface area contributed by atoms with Crippen LogP contribution in [0.3, 0.4) is 0 Å². The summed E-state index contributed by atoms with van der Waals surface area (Å²) in [6.07, 6.45) is 0. The maximum Gasteiger partial charge on any atom is 0.491 e. The standard InChI is InChI=1S/C14H12BN3O3/c1-20-14-9(7-16)2-5-13(18-14)17-11-3-4-12-10(6-11)8-21-15(12)19/h2-6,19H,8H2,1H3,(H,17,18). The number of benzene rings is 1. The maximum atomic E-state index is 9.59. The van der Waals surface area contributed by atoms with Gasteiger partial charge in [-0.25, -0.2) is 0 Å². The average molecular weight is 281 g/mol. The highest BCUT2D eigenvalue weighted by Crippen LogP contribution is 2.22. The number of fused-ring (bicyclic) bond motifs is 1. The van der Waals surface area contributed by atoms with Gasteiger partial charge in [0.2, 0.25) is 5.88 Å². The Kier molecular flexibility index (Phi) is 3.48. The normalized spacial score (nSPS) is 12.7. The monoisotopic (exact) mass is 281 g/mol. The van der Waals surface area contributed by atoms with E-state index in [1.807, 2.05) is 24.3 Å². The van der Waals surface area contributed by atoms with Crippen LogP contribution < -0.4 is 15.5 Å². The minimum atomic E-state index is -0.845. The lowest BCUT2D eigenvalue weighted by Crippen LogP contribution is -2.27. The first-order chi connectivity index (χ1) is 10.2. The number of nitrogens with one attached hydrogen (secondary N) is 1. The molecule has 0 atom stereocenters. The molecule has 0 saturated heterocycles. The molecule has 1 aromatic carbocycles. The Balaban J connectivity index is 1.86. The lowest BCUT2D eigenvalue weighted by atomic mass is 9.79. The van der Waals surface area contributed by atoms with Crippen LogP contribution in [0, 0.1) is 11.3 Å². The first-order valence-electron chi connectivity index (χ1n) is 6.36. The van der Waals surface area contributed by atoms with Crippen LogP contribution in [0.25, 0.3) is 0 Å². The van der Waals surface area contributed by atoms with Gasteiger partial charge in [-0.05, 0) is 35.3 Å². The van der Waals surface area contributed by atoms with Crippen molar-refractivity contribution in [2.45, 2.75) is 6.61 Å². The summed E-state index contributed by atoms with van der Waals surface area (Å²) in [5.41, 5.74) is 2.93. The van der Waals surface area contributed by atoms with Crippen LogP contribution in [-0.2, 0) is 11.3 Å². The van der Waals surface area contributed by atoms with Gasteiger partial charge in [0, 0.05) is 5.69 Å². The number of hydrogen-bond donors (Lipinski definition) is 2. The fourth-order valence-electron chi connectivity index (χ4n) is 2.21. The molecule has 1 aliphatic heterocycles. The largest absolute Gasteiger partial charge is 0.491 e. The molecule has 0 saturated carbocycles. The number of nitriles is 1. The van der Waals surface area contributed by atoms with Crippen molar-refractivity contribution >= 4 is 24.1 Å². The molecule has 0 spiro atoms. The summed E-state index contributed by atoms with van der Waals surface area (Å²) in [5, 5.41) is 21.7. The molecular formula is C14H12BN3O3. The van der Waals surface area contributed by atoms with E-state index < -0.39 is 7.12 Å². The lowest BCUT2D eigenvalue weighted by Gasteiger charge is -2.09. The Labute approximate surface area is 122 Å². The van der Waals surface area contributed by atoms with Crippen LogP contribution in [-0.4, -0.2) is 24.2 Å². The molecule has 1 aromatic heterocycles. The van der Waals surface area contributed by atoms with Gasteiger partial charge < -0.3 is 19.7 Å². The number of hydrogen-bond acceptors (Lipinski definition) is 6. The molecule has 1 aliphatic rings. The second-order valence-electron chi connectivity index (χ2n) is 4.57. The van der Waals surface area contributed by atoms with Crippen LogP contribution in [0.4, 0.5) is 11.5 Å². The Morgan fingerprint density at radius 3 is 3.05 bits per heavy atom. The fourth-order valence-corrected chi connectivity index (χ4v) is 2.21. The third kappa shape index (κ3) is 2.54. The number of methoxy groups -OCH3 is 1. The van der Waals surface area contributed by atoms with E-state index in [0.717, 1.165) is 16.7 Å². The van der Waals surface area contributed by atoms with Gasteiger partial charge in [0.25, 0.3) is 0 Å². The highest BCUT2D eigenvalue weighted by molar-refractivity contribution is 6.61. The van der Waals surface area contributed by atoms with Crippen LogP contribution in [0.2, 0.25) is 0 Å². The topological polar surface area (TPSA) is 87.4 Å². The quantitative estimate of drug-likeness (QED) is 0.813. The highest BCUT2D eigenvalue weighted by atomic mass is 16.5. The van der Waals surface area contributed by atoms with Crippen molar-refractivity contribution < 1.29 is 14.4 Å². The summed E-state index contributed by atoms with van der Waals surface area (Å²) in [5.74, 6) is 0.854. The van der Waals surface area contributed by atoms with E-state index in [9.17, 15) is 5.02 Å². The molecule has 2 aromatic rings. The van der Waals surface area contributed by atoms with E-state index in [-0.39, 0.29) is 5.88 Å². The molecule has 104 valence electrons. The van der Waals surface area contributed by atoms with Crippen molar-refractivity contribution in [3.63, 3.8) is 0 Å². The van der Waals surface area contributed by atoms with Gasteiger partial charge in [0.1, 0.15) is 17.5 Å². The van der Waals surface area contributed by atoms with Crippen molar-refractivity contribution in [3.05, 3.63) is 41.5 Å². The number of anilines is 2. The molecule has 0 fully saturated rings. The molecule has 6 nitrogen and oxygen atoms in total. The van der Waals surface area contributed by atoms with Gasteiger partial charge in [-0.1, -0.05) is 6.07 Å². The number of nitrogens with zero attached hydrogens (tertiary/aromatic N) is 2. The average Bonchev–Trinajstić information content (AvgIpc) is 2.88. The number of pyridine rings is 1. The minimum Gasteiger partial charge on any atom is -0.480 e. The molecule has 0 unspecified atom stereocenters. The number of rotatable bonds is 3. The minimum absolute atomic E-state index is 0.280.